The summed E-state index contributed by atoms with van der Waals surface area (Å²) in [6.07, 6.45) is 0. The Bertz CT molecular complexity index is 1920. The molecule has 7 nitrogen and oxygen atoms in total. The molecule has 0 aromatic heterocycles. The maximum absolute atomic E-state index is 11.6. The van der Waals surface area contributed by atoms with Crippen molar-refractivity contribution >= 4 is 35.1 Å². The number of aryl methyl sites for hydroxylation is 1. The number of ether oxygens (including phenoxy) is 2. The summed E-state index contributed by atoms with van der Waals surface area (Å²) in [5.74, 6) is 2.83. The van der Waals surface area contributed by atoms with Gasteiger partial charge in [0.15, 0.2) is 17.3 Å². The highest BCUT2D eigenvalue weighted by Crippen LogP contribution is 2.30. The fourth-order valence-electron chi connectivity index (χ4n) is 5.32. The van der Waals surface area contributed by atoms with Crippen LogP contribution in [0.3, 0.4) is 0 Å². The van der Waals surface area contributed by atoms with Gasteiger partial charge in [-0.15, -0.1) is 11.8 Å². The van der Waals surface area contributed by atoms with Crippen molar-refractivity contribution in [2.45, 2.75) is 108 Å². The number of para-hydroxylation sites is 1. The average molecular weight is 852 g/mol. The molecule has 1 aliphatic rings. The Labute approximate surface area is 372 Å². The molecule has 1 fully saturated rings. The lowest BCUT2D eigenvalue weighted by Gasteiger charge is -2.29. The van der Waals surface area contributed by atoms with Crippen LogP contribution in [0.15, 0.2) is 121 Å². The summed E-state index contributed by atoms with van der Waals surface area (Å²) >= 11 is 1.62. The summed E-state index contributed by atoms with van der Waals surface area (Å²) < 4.78 is 10.1. The van der Waals surface area contributed by atoms with Crippen LogP contribution in [0.2, 0.25) is 0 Å². The summed E-state index contributed by atoms with van der Waals surface area (Å²) in [7, 11) is 1.58. The highest BCUT2D eigenvalue weighted by molar-refractivity contribution is 8.03. The third kappa shape index (κ3) is 20.0. The zero-order valence-electron chi connectivity index (χ0n) is 39.3. The fraction of sp³-hybridized carbons (Fsp3) is 0.434. The van der Waals surface area contributed by atoms with Crippen LogP contribution in [0, 0.1) is 36.5 Å². The highest BCUT2D eigenvalue weighted by Gasteiger charge is 2.26. The molecule has 0 aliphatic carbocycles. The molecule has 0 amide bonds. The molecule has 0 bridgehead atoms. The second kappa shape index (κ2) is 27.8. The number of carbonyl (C=O) groups excluding carboxylic acids is 4. The molecular formula is C53H73NO6S. The van der Waals surface area contributed by atoms with Gasteiger partial charge in [0.1, 0.15) is 12.4 Å². The quantitative estimate of drug-likeness (QED) is 0.111. The van der Waals surface area contributed by atoms with Crippen LogP contribution >= 0.6 is 11.8 Å². The Balaban J connectivity index is 0.000000382. The standard InChI is InChI=1S/C12H18.2C11H14O2.C11H14O.C8H13NOS/c1-10(2)12(3,4)11-8-6-5-7-9-11;1-8(2)11(12)9-6-4-5-7-10(9)13-3;1-9(2)11(12)13-8-10-6-4-3-5-7-10;1-8(2)11(12)10-6-4-9(3)5-7-10;1-5(2)8(10)7-4-11-6(3)9-7/h5-10H,1-4H3;4-8H,1-3H3;3-7,9H,8H2,1-2H3;4-8H,1-3H3;5,7,9H,3-4H2,1-2H3/t;;;;7-/m....0/s1. The zero-order valence-corrected chi connectivity index (χ0v) is 40.2. The number of benzene rings is 4. The molecule has 1 N–H and O–H groups in total. The van der Waals surface area contributed by atoms with Crippen LogP contribution in [-0.4, -0.2) is 42.2 Å². The van der Waals surface area contributed by atoms with Crippen molar-refractivity contribution in [2.75, 3.05) is 12.9 Å². The monoisotopic (exact) mass is 852 g/mol. The van der Waals surface area contributed by atoms with Gasteiger partial charge in [-0.1, -0.05) is 192 Å². The Morgan fingerprint density at radius 3 is 1.64 bits per heavy atom. The Morgan fingerprint density at radius 1 is 0.689 bits per heavy atom. The van der Waals surface area contributed by atoms with Gasteiger partial charge < -0.3 is 14.8 Å². The largest absolute Gasteiger partial charge is 0.496 e. The van der Waals surface area contributed by atoms with Crippen LogP contribution in [0.4, 0.5) is 0 Å². The lowest BCUT2D eigenvalue weighted by molar-refractivity contribution is -0.148. The maximum atomic E-state index is 11.6. The zero-order chi connectivity index (χ0) is 46.3. The minimum Gasteiger partial charge on any atom is -0.496 e. The fourth-order valence-corrected chi connectivity index (χ4v) is 6.17. The summed E-state index contributed by atoms with van der Waals surface area (Å²) in [5, 5.41) is 3.97. The first-order valence-corrected chi connectivity index (χ1v) is 22.3. The van der Waals surface area contributed by atoms with Crippen molar-refractivity contribution in [1.29, 1.82) is 0 Å². The van der Waals surface area contributed by atoms with Crippen LogP contribution in [-0.2, 0) is 26.3 Å². The molecule has 0 radical (unpaired) electrons. The van der Waals surface area contributed by atoms with Crippen LogP contribution in [0.5, 0.6) is 5.75 Å². The van der Waals surface area contributed by atoms with E-state index in [1.807, 2.05) is 129 Å². The second-order valence-electron chi connectivity index (χ2n) is 17.1. The summed E-state index contributed by atoms with van der Waals surface area (Å²) in [4.78, 5) is 45.6. The van der Waals surface area contributed by atoms with E-state index >= 15 is 0 Å². The molecule has 0 unspecified atom stereocenters. The van der Waals surface area contributed by atoms with Gasteiger partial charge in [0.05, 0.1) is 29.7 Å². The number of Topliss-reactive ketones (excluding diaryl/α,β-unsaturated/α-hetero) is 3. The summed E-state index contributed by atoms with van der Waals surface area (Å²) in [6.45, 7) is 30.4. The first-order chi connectivity index (χ1) is 28.6. The number of thioether (sulfide) groups is 1. The minimum absolute atomic E-state index is 0.00694. The smallest absolute Gasteiger partial charge is 0.308 e. The van der Waals surface area contributed by atoms with Crippen molar-refractivity contribution < 1.29 is 28.7 Å². The van der Waals surface area contributed by atoms with E-state index in [0.717, 1.165) is 21.9 Å². The number of methoxy groups -OCH3 is 1. The molecular weight excluding hydrogens is 779 g/mol. The van der Waals surface area contributed by atoms with Crippen LogP contribution in [0.1, 0.15) is 120 Å². The van der Waals surface area contributed by atoms with E-state index in [9.17, 15) is 19.2 Å². The summed E-state index contributed by atoms with van der Waals surface area (Å²) in [6, 6.07) is 35.4. The molecule has 61 heavy (non-hydrogen) atoms. The van der Waals surface area contributed by atoms with E-state index in [-0.39, 0.29) is 53.0 Å². The van der Waals surface area contributed by atoms with Gasteiger partial charge in [-0.05, 0) is 41.5 Å². The summed E-state index contributed by atoms with van der Waals surface area (Å²) in [5.41, 5.74) is 5.42. The van der Waals surface area contributed by atoms with Crippen molar-refractivity contribution in [1.82, 2.24) is 5.32 Å². The predicted molar refractivity (Wildman–Crippen MR) is 256 cm³/mol. The number of rotatable bonds is 12. The number of hydrogen-bond donors (Lipinski definition) is 1. The number of ketones is 3. The van der Waals surface area contributed by atoms with E-state index in [1.54, 1.807) is 31.0 Å². The van der Waals surface area contributed by atoms with Gasteiger partial charge in [0.2, 0.25) is 0 Å². The Morgan fingerprint density at radius 2 is 1.20 bits per heavy atom. The molecule has 0 saturated carbocycles. The molecule has 332 valence electrons. The highest BCUT2D eigenvalue weighted by atomic mass is 32.2. The number of esters is 1. The molecule has 4 aromatic rings. The van der Waals surface area contributed by atoms with Crippen molar-refractivity contribution in [3.05, 3.63) is 149 Å². The second-order valence-corrected chi connectivity index (χ2v) is 18.2. The van der Waals surface area contributed by atoms with E-state index in [4.69, 9.17) is 9.47 Å². The molecule has 5 rings (SSSR count). The van der Waals surface area contributed by atoms with Crippen molar-refractivity contribution in [2.24, 2.45) is 29.6 Å². The van der Waals surface area contributed by atoms with Gasteiger partial charge in [-0.2, -0.15) is 0 Å². The lowest BCUT2D eigenvalue weighted by Crippen LogP contribution is -2.35. The average Bonchev–Trinajstić information content (AvgIpc) is 3.69. The molecule has 4 aromatic carbocycles. The topological polar surface area (TPSA) is 98.8 Å². The number of nitrogens with one attached hydrogen (secondary N) is 1. The number of hydrogen-bond acceptors (Lipinski definition) is 8. The molecule has 0 spiro atoms. The Hall–Kier alpha value is -4.95. The molecule has 1 heterocycles. The van der Waals surface area contributed by atoms with Gasteiger partial charge in [0, 0.05) is 29.1 Å². The van der Waals surface area contributed by atoms with Crippen molar-refractivity contribution in [3.63, 3.8) is 0 Å². The third-order valence-electron chi connectivity index (χ3n) is 10.1. The van der Waals surface area contributed by atoms with E-state index in [0.29, 0.717) is 29.3 Å². The van der Waals surface area contributed by atoms with Crippen molar-refractivity contribution in [3.8, 4) is 5.75 Å². The number of carbonyl (C=O) groups is 4. The van der Waals surface area contributed by atoms with E-state index in [1.165, 1.54) is 11.1 Å². The van der Waals surface area contributed by atoms with E-state index < -0.39 is 0 Å². The van der Waals surface area contributed by atoms with Gasteiger partial charge in [-0.25, -0.2) is 0 Å². The maximum Gasteiger partial charge on any atom is 0.308 e. The van der Waals surface area contributed by atoms with Gasteiger partial charge >= 0.3 is 5.97 Å². The van der Waals surface area contributed by atoms with E-state index in [2.05, 4.69) is 69.9 Å². The van der Waals surface area contributed by atoms with Crippen LogP contribution in [0.25, 0.3) is 0 Å². The Kier molecular flexibility index (Phi) is 24.6. The molecule has 8 heteroatoms. The first kappa shape index (κ1) is 54.1. The SMILES string of the molecule is C=C1N[C@H](C(=O)C(C)C)CS1.CC(C)C(=O)OCc1ccccc1.CC(C)C(C)(C)c1ccccc1.COc1ccccc1C(=O)C(C)C.Cc1ccc(C(=O)C(C)C)cc1. The first-order valence-electron chi connectivity index (χ1n) is 21.3. The molecule has 1 atom stereocenters. The van der Waals surface area contributed by atoms with Gasteiger partial charge in [0.25, 0.3) is 0 Å². The third-order valence-corrected chi connectivity index (χ3v) is 11.1. The normalized spacial score (nSPS) is 13.0. The predicted octanol–water partition coefficient (Wildman–Crippen LogP) is 12.8. The molecule has 1 aliphatic heterocycles. The van der Waals surface area contributed by atoms with Crippen LogP contribution < -0.4 is 10.1 Å². The minimum atomic E-state index is -0.149. The lowest BCUT2D eigenvalue weighted by atomic mass is 9.75. The van der Waals surface area contributed by atoms with Gasteiger partial charge in [-0.3, -0.25) is 19.2 Å². The molecule has 1 saturated heterocycles.